The van der Waals surface area contributed by atoms with Crippen LogP contribution in [0.3, 0.4) is 0 Å². The lowest BCUT2D eigenvalue weighted by atomic mass is 10.0. The average molecular weight is 335 g/mol. The molecule has 1 atom stereocenters. The van der Waals surface area contributed by atoms with Crippen LogP contribution in [0.4, 0.5) is 0 Å². The zero-order valence-electron chi connectivity index (χ0n) is 16.2. The molecule has 0 aliphatic carbocycles. The van der Waals surface area contributed by atoms with Gasteiger partial charge in [-0.25, -0.2) is 0 Å². The van der Waals surface area contributed by atoms with E-state index >= 15 is 0 Å². The molecule has 1 rings (SSSR count). The van der Waals surface area contributed by atoms with E-state index in [2.05, 4.69) is 39.6 Å². The van der Waals surface area contributed by atoms with Crippen LogP contribution in [-0.4, -0.2) is 28.4 Å². The fourth-order valence-electron chi connectivity index (χ4n) is 2.79. The number of aromatic amines is 1. The van der Waals surface area contributed by atoms with Crippen molar-refractivity contribution in [3.8, 4) is 0 Å². The van der Waals surface area contributed by atoms with Crippen molar-refractivity contribution in [1.29, 1.82) is 0 Å². The molecule has 0 aliphatic rings. The first-order valence-corrected chi connectivity index (χ1v) is 9.23. The van der Waals surface area contributed by atoms with Crippen LogP contribution < -0.4 is 5.56 Å². The van der Waals surface area contributed by atoms with Crippen molar-refractivity contribution in [1.82, 2.24) is 9.88 Å². The molecule has 1 aromatic heterocycles. The number of hydrogen-bond donors (Lipinski definition) is 1. The number of aryl methyl sites for hydroxylation is 1. The van der Waals surface area contributed by atoms with E-state index in [1.54, 1.807) is 12.1 Å². The molecule has 0 aromatic carbocycles. The number of carbonyl (C=O) groups excluding carboxylic acids is 1. The molecule has 1 N–H and O–H groups in total. The van der Waals surface area contributed by atoms with Crippen LogP contribution in [0.25, 0.3) is 0 Å². The molecule has 4 nitrogen and oxygen atoms in total. The molecule has 1 amide bonds. The van der Waals surface area contributed by atoms with Gasteiger partial charge in [0.2, 0.25) is 0 Å². The van der Waals surface area contributed by atoms with Crippen LogP contribution in [-0.2, 0) is 0 Å². The van der Waals surface area contributed by atoms with E-state index in [9.17, 15) is 9.59 Å². The molecule has 0 saturated carbocycles. The highest BCUT2D eigenvalue weighted by atomic mass is 16.2. The molecule has 0 saturated heterocycles. The Bertz CT molecular complexity index is 575. The summed E-state index contributed by atoms with van der Waals surface area (Å²) in [7, 11) is 0. The van der Waals surface area contributed by atoms with E-state index < -0.39 is 0 Å². The van der Waals surface area contributed by atoms with Gasteiger partial charge in [-0.15, -0.1) is 0 Å². The van der Waals surface area contributed by atoms with Crippen molar-refractivity contribution in [2.75, 3.05) is 6.54 Å². The second-order valence-electron chi connectivity index (χ2n) is 7.74. The van der Waals surface area contributed by atoms with Gasteiger partial charge >= 0.3 is 0 Å². The molecular weight excluding hydrogens is 300 g/mol. The average Bonchev–Trinajstić information content (AvgIpc) is 2.46. The van der Waals surface area contributed by atoms with Gasteiger partial charge in [0.1, 0.15) is 5.56 Å². The second kappa shape index (κ2) is 9.65. The Morgan fingerprint density at radius 3 is 2.21 bits per heavy atom. The lowest BCUT2D eigenvalue weighted by Gasteiger charge is -2.30. The van der Waals surface area contributed by atoms with Crippen LogP contribution in [0.2, 0.25) is 0 Å². The van der Waals surface area contributed by atoms with Crippen molar-refractivity contribution in [3.63, 3.8) is 0 Å². The standard InChI is InChI=1S/C20H34N2O2/c1-14(2)8-7-9-17(6)22(13-12-15(3)4)20(24)18-11-10-16(5)21-19(18)23/h10-11,14-15,17H,7-9,12-13H2,1-6H3,(H,21,23)/t17-/m0/s1. The predicted octanol–water partition coefficient (Wildman–Crippen LogP) is 4.39. The topological polar surface area (TPSA) is 53.2 Å². The molecule has 0 bridgehead atoms. The number of carbonyl (C=O) groups is 1. The van der Waals surface area contributed by atoms with Crippen molar-refractivity contribution in [2.45, 2.75) is 73.3 Å². The van der Waals surface area contributed by atoms with E-state index in [-0.39, 0.29) is 23.1 Å². The molecule has 136 valence electrons. The third kappa shape index (κ3) is 6.50. The summed E-state index contributed by atoms with van der Waals surface area (Å²) in [4.78, 5) is 29.7. The first-order valence-electron chi connectivity index (χ1n) is 9.23. The highest BCUT2D eigenvalue weighted by Crippen LogP contribution is 2.16. The Morgan fingerprint density at radius 1 is 1.04 bits per heavy atom. The summed E-state index contributed by atoms with van der Waals surface area (Å²) in [5.41, 5.74) is 0.735. The Morgan fingerprint density at radius 2 is 1.67 bits per heavy atom. The molecule has 0 spiro atoms. The molecule has 1 heterocycles. The van der Waals surface area contributed by atoms with E-state index in [4.69, 9.17) is 0 Å². The van der Waals surface area contributed by atoms with E-state index in [0.717, 1.165) is 25.0 Å². The maximum absolute atomic E-state index is 12.9. The molecule has 0 unspecified atom stereocenters. The van der Waals surface area contributed by atoms with Crippen molar-refractivity contribution in [2.24, 2.45) is 11.8 Å². The van der Waals surface area contributed by atoms with Crippen LogP contribution in [0, 0.1) is 18.8 Å². The Labute approximate surface area is 146 Å². The van der Waals surface area contributed by atoms with Crippen molar-refractivity contribution >= 4 is 5.91 Å². The van der Waals surface area contributed by atoms with E-state index in [1.165, 1.54) is 6.42 Å². The van der Waals surface area contributed by atoms with Crippen molar-refractivity contribution in [3.05, 3.63) is 33.7 Å². The number of nitrogens with zero attached hydrogens (tertiary/aromatic N) is 1. The molecule has 1 aromatic rings. The largest absolute Gasteiger partial charge is 0.336 e. The normalized spacial score (nSPS) is 12.7. The number of nitrogens with one attached hydrogen (secondary N) is 1. The van der Waals surface area contributed by atoms with Gasteiger partial charge in [0, 0.05) is 18.3 Å². The monoisotopic (exact) mass is 334 g/mol. The Balaban J connectivity index is 2.90. The number of H-pyrrole nitrogens is 1. The fraction of sp³-hybridized carbons (Fsp3) is 0.700. The molecule has 4 heteroatoms. The lowest BCUT2D eigenvalue weighted by molar-refractivity contribution is 0.0669. The quantitative estimate of drug-likeness (QED) is 0.728. The van der Waals surface area contributed by atoms with E-state index in [0.29, 0.717) is 18.4 Å². The van der Waals surface area contributed by atoms with Gasteiger partial charge < -0.3 is 9.88 Å². The number of aromatic nitrogens is 1. The Kier molecular flexibility index (Phi) is 8.23. The van der Waals surface area contributed by atoms with Crippen LogP contribution >= 0.6 is 0 Å². The number of amides is 1. The predicted molar refractivity (Wildman–Crippen MR) is 100 cm³/mol. The maximum atomic E-state index is 12.9. The summed E-state index contributed by atoms with van der Waals surface area (Å²) in [5, 5.41) is 0. The summed E-state index contributed by atoms with van der Waals surface area (Å²) >= 11 is 0. The zero-order valence-corrected chi connectivity index (χ0v) is 16.2. The molecular formula is C20H34N2O2. The fourth-order valence-corrected chi connectivity index (χ4v) is 2.79. The van der Waals surface area contributed by atoms with Gasteiger partial charge in [-0.3, -0.25) is 9.59 Å². The summed E-state index contributed by atoms with van der Waals surface area (Å²) in [6.45, 7) is 13.4. The SMILES string of the molecule is Cc1ccc(C(=O)N(CCC(C)C)[C@@H](C)CCCC(C)C)c(=O)[nH]1. The zero-order chi connectivity index (χ0) is 18.3. The molecule has 0 aliphatic heterocycles. The summed E-state index contributed by atoms with van der Waals surface area (Å²) in [6.07, 6.45) is 4.20. The van der Waals surface area contributed by atoms with Gasteiger partial charge in [-0.2, -0.15) is 0 Å². The number of hydrogen-bond acceptors (Lipinski definition) is 2. The highest BCUT2D eigenvalue weighted by Gasteiger charge is 2.23. The Hall–Kier alpha value is -1.58. The van der Waals surface area contributed by atoms with Crippen LogP contribution in [0.1, 0.15) is 76.4 Å². The number of pyridine rings is 1. The van der Waals surface area contributed by atoms with Gasteiger partial charge in [0.05, 0.1) is 0 Å². The summed E-state index contributed by atoms with van der Waals surface area (Å²) in [5.74, 6) is 1.06. The van der Waals surface area contributed by atoms with Gasteiger partial charge in [0.15, 0.2) is 0 Å². The maximum Gasteiger partial charge on any atom is 0.260 e. The molecule has 24 heavy (non-hydrogen) atoms. The molecule has 0 radical (unpaired) electrons. The van der Waals surface area contributed by atoms with E-state index in [1.807, 2.05) is 11.8 Å². The summed E-state index contributed by atoms with van der Waals surface area (Å²) in [6, 6.07) is 3.59. The smallest absolute Gasteiger partial charge is 0.260 e. The summed E-state index contributed by atoms with van der Waals surface area (Å²) < 4.78 is 0. The minimum atomic E-state index is -0.288. The van der Waals surface area contributed by atoms with Gasteiger partial charge in [-0.1, -0.05) is 40.5 Å². The number of rotatable bonds is 9. The minimum absolute atomic E-state index is 0.144. The van der Waals surface area contributed by atoms with Crippen LogP contribution in [0.5, 0.6) is 0 Å². The lowest BCUT2D eigenvalue weighted by Crippen LogP contribution is -2.42. The minimum Gasteiger partial charge on any atom is -0.336 e. The first-order chi connectivity index (χ1) is 11.2. The van der Waals surface area contributed by atoms with Gasteiger partial charge in [0.25, 0.3) is 11.5 Å². The third-order valence-corrected chi connectivity index (χ3v) is 4.43. The first kappa shape index (κ1) is 20.5. The third-order valence-electron chi connectivity index (χ3n) is 4.43. The van der Waals surface area contributed by atoms with Crippen molar-refractivity contribution < 1.29 is 4.79 Å². The van der Waals surface area contributed by atoms with Crippen LogP contribution in [0.15, 0.2) is 16.9 Å². The van der Waals surface area contributed by atoms with Gasteiger partial charge in [-0.05, 0) is 50.7 Å². The highest BCUT2D eigenvalue weighted by molar-refractivity contribution is 5.94. The molecule has 0 fully saturated rings. The second-order valence-corrected chi connectivity index (χ2v) is 7.74.